The maximum Gasteiger partial charge on any atom is 0.325 e. The Bertz CT molecular complexity index is 608. The van der Waals surface area contributed by atoms with Gasteiger partial charge in [0, 0.05) is 19.3 Å². The second-order valence-corrected chi connectivity index (χ2v) is 5.89. The van der Waals surface area contributed by atoms with Gasteiger partial charge in [0.1, 0.15) is 11.4 Å². The van der Waals surface area contributed by atoms with Crippen molar-refractivity contribution in [3.63, 3.8) is 0 Å². The molecule has 0 unspecified atom stereocenters. The topological polar surface area (TPSA) is 122 Å². The summed E-state index contributed by atoms with van der Waals surface area (Å²) in [5.74, 6) is -1.49. The van der Waals surface area contributed by atoms with Crippen molar-refractivity contribution in [2.75, 3.05) is 19.6 Å². The average molecular weight is 288 g/mol. The van der Waals surface area contributed by atoms with E-state index in [2.05, 4.69) is 10.4 Å². The van der Waals surface area contributed by atoms with Gasteiger partial charge in [0.25, 0.3) is 0 Å². The first-order chi connectivity index (χ1) is 8.89. The molecule has 19 heavy (non-hydrogen) atoms. The number of hydrogen-bond acceptors (Lipinski definition) is 5. The van der Waals surface area contributed by atoms with E-state index in [0.717, 1.165) is 21.4 Å². The van der Waals surface area contributed by atoms with Gasteiger partial charge in [-0.2, -0.15) is 9.40 Å². The number of nitrogens with zero attached hydrogens (tertiary/aromatic N) is 3. The molecule has 9 nitrogen and oxygen atoms in total. The van der Waals surface area contributed by atoms with Gasteiger partial charge in [-0.15, -0.1) is 0 Å². The van der Waals surface area contributed by atoms with E-state index in [0.29, 0.717) is 0 Å². The zero-order chi connectivity index (χ0) is 14.0. The van der Waals surface area contributed by atoms with Crippen LogP contribution in [0.4, 0.5) is 0 Å². The molecular formula is C9H12N4O5S. The van der Waals surface area contributed by atoms with Crippen LogP contribution in [0.25, 0.3) is 0 Å². The Morgan fingerprint density at radius 1 is 1.53 bits per heavy atom. The van der Waals surface area contributed by atoms with E-state index in [-0.39, 0.29) is 30.4 Å². The van der Waals surface area contributed by atoms with Crippen molar-refractivity contribution in [1.82, 2.24) is 19.4 Å². The fourth-order valence-corrected chi connectivity index (χ4v) is 3.02. The van der Waals surface area contributed by atoms with Crippen molar-refractivity contribution in [3.05, 3.63) is 12.4 Å². The van der Waals surface area contributed by atoms with E-state index in [4.69, 9.17) is 5.11 Å². The van der Waals surface area contributed by atoms with Gasteiger partial charge in [-0.3, -0.25) is 14.3 Å². The van der Waals surface area contributed by atoms with Crippen LogP contribution in [-0.4, -0.2) is 59.1 Å². The molecule has 0 aromatic carbocycles. The number of piperazine rings is 1. The van der Waals surface area contributed by atoms with Crippen molar-refractivity contribution in [2.45, 2.75) is 11.4 Å². The SMILES string of the molecule is O=C(O)Cn1cc(S(=O)(=O)N2CCNC(=O)C2)cn1. The van der Waals surface area contributed by atoms with E-state index in [1.165, 1.54) is 0 Å². The molecule has 0 atom stereocenters. The smallest absolute Gasteiger partial charge is 0.325 e. The highest BCUT2D eigenvalue weighted by Crippen LogP contribution is 2.15. The predicted octanol–water partition coefficient (Wildman–Crippen LogP) is -1.91. The van der Waals surface area contributed by atoms with E-state index >= 15 is 0 Å². The lowest BCUT2D eigenvalue weighted by molar-refractivity contribution is -0.137. The van der Waals surface area contributed by atoms with E-state index < -0.39 is 22.5 Å². The number of carboxylic acid groups (broad SMARTS) is 1. The van der Waals surface area contributed by atoms with Crippen molar-refractivity contribution >= 4 is 21.9 Å². The summed E-state index contributed by atoms with van der Waals surface area (Å²) in [6.07, 6.45) is 2.21. The molecule has 1 aromatic heterocycles. The molecular weight excluding hydrogens is 276 g/mol. The summed E-state index contributed by atoms with van der Waals surface area (Å²) in [6, 6.07) is 0. The minimum atomic E-state index is -3.81. The van der Waals surface area contributed by atoms with Gasteiger partial charge in [-0.1, -0.05) is 0 Å². The molecule has 0 aliphatic carbocycles. The number of amides is 1. The summed E-state index contributed by atoms with van der Waals surface area (Å²) in [5.41, 5.74) is 0. The van der Waals surface area contributed by atoms with Crippen LogP contribution in [0.5, 0.6) is 0 Å². The molecule has 1 aromatic rings. The third-order valence-corrected chi connectivity index (χ3v) is 4.35. The Kier molecular flexibility index (Phi) is 3.53. The second kappa shape index (κ2) is 4.97. The molecule has 1 aliphatic rings. The number of aliphatic carboxylic acids is 1. The number of aromatic nitrogens is 2. The fraction of sp³-hybridized carbons (Fsp3) is 0.444. The number of nitrogens with one attached hydrogen (secondary N) is 1. The van der Waals surface area contributed by atoms with Gasteiger partial charge in [-0.25, -0.2) is 8.42 Å². The van der Waals surface area contributed by atoms with E-state index in [1.54, 1.807) is 0 Å². The van der Waals surface area contributed by atoms with Crippen LogP contribution in [0.15, 0.2) is 17.3 Å². The second-order valence-electron chi connectivity index (χ2n) is 3.96. The Balaban J connectivity index is 2.21. The molecule has 10 heteroatoms. The summed E-state index contributed by atoms with van der Waals surface area (Å²) >= 11 is 0. The third kappa shape index (κ3) is 2.90. The van der Waals surface area contributed by atoms with Gasteiger partial charge in [0.15, 0.2) is 0 Å². The predicted molar refractivity (Wildman–Crippen MR) is 61.6 cm³/mol. The number of carbonyl (C=O) groups is 2. The van der Waals surface area contributed by atoms with Gasteiger partial charge in [0.05, 0.1) is 12.7 Å². The summed E-state index contributed by atoms with van der Waals surface area (Å²) < 4.78 is 26.4. The van der Waals surface area contributed by atoms with Crippen LogP contribution in [0.2, 0.25) is 0 Å². The summed E-state index contributed by atoms with van der Waals surface area (Å²) in [5, 5.41) is 14.8. The lowest BCUT2D eigenvalue weighted by Gasteiger charge is -2.25. The Hall–Kier alpha value is -1.94. The Labute approximate surface area is 108 Å². The standard InChI is InChI=1S/C9H12N4O5S/c14-8-5-13(2-1-10-8)19(17,18)7-3-11-12(4-7)6-9(15)16/h3-4H,1-2,5-6H2,(H,10,14)(H,15,16). The molecule has 104 valence electrons. The quantitative estimate of drug-likeness (QED) is 0.666. The van der Waals surface area contributed by atoms with Gasteiger partial charge < -0.3 is 10.4 Å². The number of carbonyl (C=O) groups excluding carboxylic acids is 1. The van der Waals surface area contributed by atoms with Gasteiger partial charge in [0.2, 0.25) is 15.9 Å². The zero-order valence-electron chi connectivity index (χ0n) is 9.81. The summed E-state index contributed by atoms with van der Waals surface area (Å²) in [7, 11) is -3.81. The van der Waals surface area contributed by atoms with Crippen molar-refractivity contribution in [1.29, 1.82) is 0 Å². The lowest BCUT2D eigenvalue weighted by atomic mass is 10.4. The summed E-state index contributed by atoms with van der Waals surface area (Å²) in [6.45, 7) is -0.234. The highest BCUT2D eigenvalue weighted by atomic mass is 32.2. The molecule has 0 bridgehead atoms. The molecule has 1 saturated heterocycles. The molecule has 1 aliphatic heterocycles. The highest BCUT2D eigenvalue weighted by Gasteiger charge is 2.30. The number of carboxylic acids is 1. The maximum atomic E-state index is 12.2. The molecule has 1 fully saturated rings. The third-order valence-electron chi connectivity index (χ3n) is 2.55. The number of rotatable bonds is 4. The van der Waals surface area contributed by atoms with Crippen LogP contribution in [-0.2, 0) is 26.2 Å². The van der Waals surface area contributed by atoms with Crippen LogP contribution in [0, 0.1) is 0 Å². The first kappa shape index (κ1) is 13.5. The van der Waals surface area contributed by atoms with Crippen LogP contribution < -0.4 is 5.32 Å². The first-order valence-electron chi connectivity index (χ1n) is 5.40. The highest BCUT2D eigenvalue weighted by molar-refractivity contribution is 7.89. The van der Waals surface area contributed by atoms with Gasteiger partial charge in [-0.05, 0) is 0 Å². The van der Waals surface area contributed by atoms with Crippen molar-refractivity contribution in [3.8, 4) is 0 Å². The van der Waals surface area contributed by atoms with Crippen LogP contribution in [0.1, 0.15) is 0 Å². The van der Waals surface area contributed by atoms with Crippen molar-refractivity contribution < 1.29 is 23.1 Å². The molecule has 2 rings (SSSR count). The normalized spacial score (nSPS) is 17.2. The molecule has 2 heterocycles. The Morgan fingerprint density at radius 3 is 2.89 bits per heavy atom. The minimum Gasteiger partial charge on any atom is -0.480 e. The zero-order valence-corrected chi connectivity index (χ0v) is 10.6. The monoisotopic (exact) mass is 288 g/mol. The fourth-order valence-electron chi connectivity index (χ4n) is 1.67. The number of hydrogen-bond donors (Lipinski definition) is 2. The van der Waals surface area contributed by atoms with Crippen LogP contribution in [0.3, 0.4) is 0 Å². The van der Waals surface area contributed by atoms with E-state index in [9.17, 15) is 18.0 Å². The maximum absolute atomic E-state index is 12.2. The largest absolute Gasteiger partial charge is 0.480 e. The average Bonchev–Trinajstić information content (AvgIpc) is 2.77. The molecule has 0 saturated carbocycles. The van der Waals surface area contributed by atoms with E-state index in [1.807, 2.05) is 0 Å². The first-order valence-corrected chi connectivity index (χ1v) is 6.85. The van der Waals surface area contributed by atoms with Crippen LogP contribution >= 0.6 is 0 Å². The molecule has 2 N–H and O–H groups in total. The molecule has 0 radical (unpaired) electrons. The molecule has 0 spiro atoms. The minimum absolute atomic E-state index is 0.122. The van der Waals surface area contributed by atoms with Gasteiger partial charge >= 0.3 is 5.97 Å². The molecule has 1 amide bonds. The summed E-state index contributed by atoms with van der Waals surface area (Å²) in [4.78, 5) is 21.6. The Morgan fingerprint density at radius 2 is 2.26 bits per heavy atom. The lowest BCUT2D eigenvalue weighted by Crippen LogP contribution is -2.49. The number of sulfonamides is 1. The van der Waals surface area contributed by atoms with Crippen molar-refractivity contribution in [2.24, 2.45) is 0 Å².